The average molecular weight is 423 g/mol. The SMILES string of the molecule is Cc1nc(C)c(CCC(=O)Nc2nc(-c3ccc(Cl)cc3Cl)cs2)c(=O)[nH]1. The molecule has 0 aliphatic rings. The van der Waals surface area contributed by atoms with Crippen LogP contribution >= 0.6 is 34.5 Å². The predicted molar refractivity (Wildman–Crippen MR) is 109 cm³/mol. The molecule has 9 heteroatoms. The highest BCUT2D eigenvalue weighted by Gasteiger charge is 2.13. The zero-order valence-electron chi connectivity index (χ0n) is 14.6. The van der Waals surface area contributed by atoms with Gasteiger partial charge >= 0.3 is 0 Å². The van der Waals surface area contributed by atoms with Crippen molar-refractivity contribution in [3.8, 4) is 11.3 Å². The Bertz CT molecular complexity index is 1060. The van der Waals surface area contributed by atoms with Crippen LogP contribution < -0.4 is 10.9 Å². The van der Waals surface area contributed by atoms with Crippen molar-refractivity contribution in [1.29, 1.82) is 0 Å². The molecule has 1 amide bonds. The zero-order valence-corrected chi connectivity index (χ0v) is 16.9. The Morgan fingerprint density at radius 1 is 1.26 bits per heavy atom. The second kappa shape index (κ2) is 8.21. The molecular weight excluding hydrogens is 407 g/mol. The third-order valence-corrected chi connectivity index (χ3v) is 5.21. The summed E-state index contributed by atoms with van der Waals surface area (Å²) in [5, 5.41) is 6.06. The number of nitrogens with zero attached hydrogens (tertiary/aromatic N) is 2. The van der Waals surface area contributed by atoms with Crippen molar-refractivity contribution in [2.75, 3.05) is 5.32 Å². The van der Waals surface area contributed by atoms with Gasteiger partial charge in [0.1, 0.15) is 5.82 Å². The molecule has 0 atom stereocenters. The Balaban J connectivity index is 1.66. The Morgan fingerprint density at radius 3 is 2.74 bits per heavy atom. The van der Waals surface area contributed by atoms with Gasteiger partial charge in [0.15, 0.2) is 5.13 Å². The van der Waals surface area contributed by atoms with Crippen molar-refractivity contribution in [2.45, 2.75) is 26.7 Å². The molecule has 0 unspecified atom stereocenters. The maximum Gasteiger partial charge on any atom is 0.254 e. The minimum atomic E-state index is -0.225. The van der Waals surface area contributed by atoms with E-state index in [4.69, 9.17) is 23.2 Å². The lowest BCUT2D eigenvalue weighted by Crippen LogP contribution is -2.20. The predicted octanol–water partition coefficient (Wildman–Crippen LogP) is 4.39. The molecule has 3 aromatic rings. The summed E-state index contributed by atoms with van der Waals surface area (Å²) in [6, 6.07) is 5.16. The number of amides is 1. The maximum absolute atomic E-state index is 12.2. The highest BCUT2D eigenvalue weighted by molar-refractivity contribution is 7.14. The number of aromatic amines is 1. The number of nitrogens with one attached hydrogen (secondary N) is 2. The lowest BCUT2D eigenvalue weighted by Gasteiger charge is -2.05. The van der Waals surface area contributed by atoms with Gasteiger partial charge in [-0.3, -0.25) is 9.59 Å². The van der Waals surface area contributed by atoms with Gasteiger partial charge in [-0.05, 0) is 38.5 Å². The smallest absolute Gasteiger partial charge is 0.254 e. The first-order valence-corrected chi connectivity index (χ1v) is 9.74. The van der Waals surface area contributed by atoms with Crippen molar-refractivity contribution in [3.05, 3.63) is 61.1 Å². The average Bonchev–Trinajstić information content (AvgIpc) is 3.01. The van der Waals surface area contributed by atoms with Crippen molar-refractivity contribution in [3.63, 3.8) is 0 Å². The van der Waals surface area contributed by atoms with E-state index in [0.717, 1.165) is 5.56 Å². The molecule has 2 aromatic heterocycles. The normalized spacial score (nSPS) is 10.8. The molecular formula is C18H16Cl2N4O2S. The molecule has 2 heterocycles. The van der Waals surface area contributed by atoms with Crippen LogP contribution in [0.15, 0.2) is 28.4 Å². The van der Waals surface area contributed by atoms with E-state index in [9.17, 15) is 9.59 Å². The largest absolute Gasteiger partial charge is 0.311 e. The summed E-state index contributed by atoms with van der Waals surface area (Å²) < 4.78 is 0. The number of aryl methyl sites for hydroxylation is 2. The highest BCUT2D eigenvalue weighted by atomic mass is 35.5. The molecule has 0 aliphatic heterocycles. The van der Waals surface area contributed by atoms with Gasteiger partial charge in [0.05, 0.1) is 10.7 Å². The molecule has 3 rings (SSSR count). The van der Waals surface area contributed by atoms with Crippen LogP contribution in [0, 0.1) is 13.8 Å². The quantitative estimate of drug-likeness (QED) is 0.637. The van der Waals surface area contributed by atoms with Gasteiger partial charge in [-0.2, -0.15) is 0 Å². The summed E-state index contributed by atoms with van der Waals surface area (Å²) in [4.78, 5) is 35.5. The fourth-order valence-electron chi connectivity index (χ4n) is 2.62. The van der Waals surface area contributed by atoms with Gasteiger partial charge in [-0.1, -0.05) is 23.2 Å². The van der Waals surface area contributed by atoms with E-state index < -0.39 is 0 Å². The molecule has 140 valence electrons. The number of carbonyl (C=O) groups is 1. The van der Waals surface area contributed by atoms with E-state index in [1.54, 1.807) is 32.0 Å². The van der Waals surface area contributed by atoms with E-state index in [1.807, 2.05) is 5.38 Å². The minimum Gasteiger partial charge on any atom is -0.311 e. The summed E-state index contributed by atoms with van der Waals surface area (Å²) in [7, 11) is 0. The zero-order chi connectivity index (χ0) is 19.6. The molecule has 2 N–H and O–H groups in total. The number of anilines is 1. The number of hydrogen-bond donors (Lipinski definition) is 2. The highest BCUT2D eigenvalue weighted by Crippen LogP contribution is 2.32. The van der Waals surface area contributed by atoms with Crippen LogP contribution in [-0.4, -0.2) is 20.9 Å². The molecule has 1 aromatic carbocycles. The number of halogens is 2. The first-order valence-electron chi connectivity index (χ1n) is 8.10. The van der Waals surface area contributed by atoms with Crippen LogP contribution in [0.2, 0.25) is 10.0 Å². The molecule has 0 radical (unpaired) electrons. The van der Waals surface area contributed by atoms with E-state index >= 15 is 0 Å². The number of carbonyl (C=O) groups excluding carboxylic acids is 1. The number of hydrogen-bond acceptors (Lipinski definition) is 5. The third kappa shape index (κ3) is 4.74. The summed E-state index contributed by atoms with van der Waals surface area (Å²) >= 11 is 13.4. The number of H-pyrrole nitrogens is 1. The van der Waals surface area contributed by atoms with Crippen LogP contribution in [-0.2, 0) is 11.2 Å². The molecule has 0 aliphatic carbocycles. The van der Waals surface area contributed by atoms with Crippen molar-refractivity contribution < 1.29 is 4.79 Å². The van der Waals surface area contributed by atoms with Crippen LogP contribution in [0.1, 0.15) is 23.5 Å². The van der Waals surface area contributed by atoms with Crippen molar-refractivity contribution >= 4 is 45.6 Å². The number of benzene rings is 1. The lowest BCUT2D eigenvalue weighted by atomic mass is 10.1. The standard InChI is InChI=1S/C18H16Cl2N4O2S/c1-9-12(17(26)22-10(2)21-9)5-6-16(25)24-18-23-15(8-27-18)13-4-3-11(19)7-14(13)20/h3-4,7-8H,5-6H2,1-2H3,(H,21,22,26)(H,23,24,25). The maximum atomic E-state index is 12.2. The van der Waals surface area contributed by atoms with E-state index in [0.29, 0.717) is 44.4 Å². The van der Waals surface area contributed by atoms with Gasteiger partial charge in [0.25, 0.3) is 5.56 Å². The van der Waals surface area contributed by atoms with Gasteiger partial charge in [0, 0.05) is 33.6 Å². The molecule has 0 fully saturated rings. The third-order valence-electron chi connectivity index (χ3n) is 3.90. The van der Waals surface area contributed by atoms with E-state index in [1.165, 1.54) is 11.3 Å². The van der Waals surface area contributed by atoms with Crippen molar-refractivity contribution in [1.82, 2.24) is 15.0 Å². The van der Waals surface area contributed by atoms with Crippen molar-refractivity contribution in [2.24, 2.45) is 0 Å². The minimum absolute atomic E-state index is 0.158. The molecule has 6 nitrogen and oxygen atoms in total. The molecule has 0 bridgehead atoms. The van der Waals surface area contributed by atoms with E-state index in [2.05, 4.69) is 20.3 Å². The van der Waals surface area contributed by atoms with Gasteiger partial charge in [0.2, 0.25) is 5.91 Å². The second-order valence-corrected chi connectivity index (χ2v) is 7.63. The summed E-state index contributed by atoms with van der Waals surface area (Å²) in [5.74, 6) is 0.333. The van der Waals surface area contributed by atoms with E-state index in [-0.39, 0.29) is 17.9 Å². The number of aromatic nitrogens is 3. The number of rotatable bonds is 5. The fourth-order valence-corrected chi connectivity index (χ4v) is 3.85. The summed E-state index contributed by atoms with van der Waals surface area (Å²) in [5.41, 5.74) is 2.35. The van der Waals surface area contributed by atoms with Gasteiger partial charge < -0.3 is 10.3 Å². The molecule has 27 heavy (non-hydrogen) atoms. The Hall–Kier alpha value is -2.22. The van der Waals surface area contributed by atoms with Crippen LogP contribution in [0.4, 0.5) is 5.13 Å². The van der Waals surface area contributed by atoms with Crippen LogP contribution in [0.3, 0.4) is 0 Å². The first-order chi connectivity index (χ1) is 12.8. The molecule has 0 spiro atoms. The molecule has 0 saturated carbocycles. The Kier molecular flexibility index (Phi) is 5.94. The fraction of sp³-hybridized carbons (Fsp3) is 0.222. The topological polar surface area (TPSA) is 87.7 Å². The lowest BCUT2D eigenvalue weighted by molar-refractivity contribution is -0.116. The van der Waals surface area contributed by atoms with Gasteiger partial charge in [-0.25, -0.2) is 9.97 Å². The molecule has 0 saturated heterocycles. The number of thiazole rings is 1. The summed E-state index contributed by atoms with van der Waals surface area (Å²) in [6.07, 6.45) is 0.465. The van der Waals surface area contributed by atoms with Gasteiger partial charge in [-0.15, -0.1) is 11.3 Å². The first kappa shape index (κ1) is 19.5. The summed E-state index contributed by atoms with van der Waals surface area (Å²) in [6.45, 7) is 3.48. The monoisotopic (exact) mass is 422 g/mol. The second-order valence-electron chi connectivity index (χ2n) is 5.93. The van der Waals surface area contributed by atoms with Crippen LogP contribution in [0.5, 0.6) is 0 Å². The Morgan fingerprint density at radius 2 is 2.04 bits per heavy atom. The van der Waals surface area contributed by atoms with Crippen LogP contribution in [0.25, 0.3) is 11.3 Å². The Labute approximate surface area is 169 Å².